The molecule has 0 spiro atoms. The van der Waals surface area contributed by atoms with Crippen LogP contribution in [0.25, 0.3) is 11.4 Å². The molecule has 0 aliphatic carbocycles. The van der Waals surface area contributed by atoms with Crippen LogP contribution in [0.4, 0.5) is 4.39 Å². The van der Waals surface area contributed by atoms with Gasteiger partial charge in [0.15, 0.2) is 0 Å². The number of thiophene rings is 1. The van der Waals surface area contributed by atoms with E-state index in [2.05, 4.69) is 32.6 Å². The van der Waals surface area contributed by atoms with Gasteiger partial charge in [-0.15, -0.1) is 11.3 Å². The highest BCUT2D eigenvalue weighted by molar-refractivity contribution is 7.09. The standard InChI is InChI=1S/C20H22FN3O2S/c1-14-6-7-15(10-18(14)21)20-22-19(26-23-20)13-24(11-16-4-2-8-25-16)12-17-5-3-9-27-17/h3,5-7,9-10,16H,2,4,8,11-13H2,1H3. The summed E-state index contributed by atoms with van der Waals surface area (Å²) in [7, 11) is 0. The van der Waals surface area contributed by atoms with E-state index in [-0.39, 0.29) is 11.9 Å². The molecule has 1 aliphatic rings. The lowest BCUT2D eigenvalue weighted by atomic mass is 10.1. The summed E-state index contributed by atoms with van der Waals surface area (Å²) >= 11 is 1.73. The van der Waals surface area contributed by atoms with Gasteiger partial charge in [0, 0.05) is 30.1 Å². The molecule has 1 aliphatic heterocycles. The normalized spacial score (nSPS) is 17.1. The summed E-state index contributed by atoms with van der Waals surface area (Å²) in [6, 6.07) is 9.16. The number of halogens is 1. The van der Waals surface area contributed by atoms with Crippen molar-refractivity contribution >= 4 is 11.3 Å². The van der Waals surface area contributed by atoms with E-state index in [1.54, 1.807) is 24.3 Å². The Balaban J connectivity index is 1.48. The molecule has 3 heterocycles. The van der Waals surface area contributed by atoms with Gasteiger partial charge in [0.2, 0.25) is 11.7 Å². The second kappa shape index (κ2) is 8.29. The molecule has 5 nitrogen and oxygen atoms in total. The Bertz CT molecular complexity index is 875. The van der Waals surface area contributed by atoms with Gasteiger partial charge in [-0.1, -0.05) is 23.4 Å². The van der Waals surface area contributed by atoms with Gasteiger partial charge in [-0.25, -0.2) is 4.39 Å². The van der Waals surface area contributed by atoms with Gasteiger partial charge in [-0.05, 0) is 42.8 Å². The number of benzene rings is 1. The van der Waals surface area contributed by atoms with Crippen molar-refractivity contribution in [2.24, 2.45) is 0 Å². The van der Waals surface area contributed by atoms with Gasteiger partial charge in [-0.3, -0.25) is 4.90 Å². The molecule has 3 aromatic rings. The van der Waals surface area contributed by atoms with Crippen molar-refractivity contribution in [2.45, 2.75) is 39.0 Å². The average Bonchev–Trinajstić information content (AvgIpc) is 3.40. The molecule has 0 radical (unpaired) electrons. The van der Waals surface area contributed by atoms with Crippen LogP contribution >= 0.6 is 11.3 Å². The molecule has 1 fully saturated rings. The largest absolute Gasteiger partial charge is 0.377 e. The van der Waals surface area contributed by atoms with Crippen LogP contribution in [0.15, 0.2) is 40.2 Å². The third-order valence-corrected chi connectivity index (χ3v) is 5.56. The van der Waals surface area contributed by atoms with Crippen molar-refractivity contribution in [1.29, 1.82) is 0 Å². The summed E-state index contributed by atoms with van der Waals surface area (Å²) < 4.78 is 25.0. The Morgan fingerprint density at radius 3 is 2.96 bits per heavy atom. The average molecular weight is 387 g/mol. The molecule has 142 valence electrons. The smallest absolute Gasteiger partial charge is 0.241 e. The Hall–Kier alpha value is -2.09. The van der Waals surface area contributed by atoms with E-state index in [0.717, 1.165) is 32.5 Å². The summed E-state index contributed by atoms with van der Waals surface area (Å²) in [5.41, 5.74) is 1.22. The third-order valence-electron chi connectivity index (χ3n) is 4.70. The monoisotopic (exact) mass is 387 g/mol. The van der Waals surface area contributed by atoms with Crippen LogP contribution in [0.2, 0.25) is 0 Å². The fraction of sp³-hybridized carbons (Fsp3) is 0.400. The molecular formula is C20H22FN3O2S. The molecule has 0 bridgehead atoms. The van der Waals surface area contributed by atoms with E-state index in [1.807, 2.05) is 6.07 Å². The van der Waals surface area contributed by atoms with Crippen LogP contribution in [0.3, 0.4) is 0 Å². The Morgan fingerprint density at radius 2 is 2.22 bits per heavy atom. The van der Waals surface area contributed by atoms with E-state index in [0.29, 0.717) is 29.4 Å². The van der Waals surface area contributed by atoms with E-state index in [9.17, 15) is 4.39 Å². The molecule has 1 saturated heterocycles. The zero-order valence-corrected chi connectivity index (χ0v) is 16.0. The second-order valence-electron chi connectivity index (χ2n) is 6.86. The lowest BCUT2D eigenvalue weighted by molar-refractivity contribution is 0.0644. The van der Waals surface area contributed by atoms with E-state index < -0.39 is 0 Å². The predicted octanol–water partition coefficient (Wildman–Crippen LogP) is 4.43. The van der Waals surface area contributed by atoms with Crippen LogP contribution in [0.5, 0.6) is 0 Å². The van der Waals surface area contributed by atoms with Crippen molar-refractivity contribution in [3.8, 4) is 11.4 Å². The molecule has 27 heavy (non-hydrogen) atoms. The van der Waals surface area contributed by atoms with Gasteiger partial charge in [0.1, 0.15) is 5.82 Å². The van der Waals surface area contributed by atoms with Crippen molar-refractivity contribution in [1.82, 2.24) is 15.0 Å². The van der Waals surface area contributed by atoms with Crippen molar-refractivity contribution < 1.29 is 13.7 Å². The van der Waals surface area contributed by atoms with Crippen LogP contribution in [-0.2, 0) is 17.8 Å². The molecule has 1 aromatic carbocycles. The summed E-state index contributed by atoms with van der Waals surface area (Å²) in [5, 5.41) is 6.11. The van der Waals surface area contributed by atoms with Gasteiger partial charge >= 0.3 is 0 Å². The van der Waals surface area contributed by atoms with Crippen LogP contribution in [0, 0.1) is 12.7 Å². The summed E-state index contributed by atoms with van der Waals surface area (Å²) in [6.45, 7) is 4.75. The highest BCUT2D eigenvalue weighted by Crippen LogP contribution is 2.22. The zero-order valence-electron chi connectivity index (χ0n) is 15.2. The molecule has 1 unspecified atom stereocenters. The molecule has 1 atom stereocenters. The highest BCUT2D eigenvalue weighted by Gasteiger charge is 2.22. The number of ether oxygens (including phenoxy) is 1. The first-order valence-electron chi connectivity index (χ1n) is 9.13. The SMILES string of the molecule is Cc1ccc(-c2noc(CN(Cc3cccs3)CC3CCCO3)n2)cc1F. The maximum absolute atomic E-state index is 13.8. The first kappa shape index (κ1) is 18.3. The van der Waals surface area contributed by atoms with Gasteiger partial charge in [-0.2, -0.15) is 4.98 Å². The number of aromatic nitrogens is 2. The van der Waals surface area contributed by atoms with Gasteiger partial charge in [0.05, 0.1) is 12.6 Å². The summed E-state index contributed by atoms with van der Waals surface area (Å²) in [6.07, 6.45) is 2.44. The topological polar surface area (TPSA) is 51.4 Å². The number of nitrogens with zero attached hydrogens (tertiary/aromatic N) is 3. The van der Waals surface area contributed by atoms with Gasteiger partial charge < -0.3 is 9.26 Å². The maximum atomic E-state index is 13.8. The van der Waals surface area contributed by atoms with Crippen molar-refractivity contribution in [3.05, 3.63) is 57.9 Å². The molecule has 0 amide bonds. The minimum atomic E-state index is -0.267. The van der Waals surface area contributed by atoms with Crippen LogP contribution < -0.4 is 0 Å². The van der Waals surface area contributed by atoms with E-state index in [1.165, 1.54) is 10.9 Å². The lowest BCUT2D eigenvalue weighted by Gasteiger charge is -2.23. The summed E-state index contributed by atoms with van der Waals surface area (Å²) in [4.78, 5) is 8.03. The molecular weight excluding hydrogens is 365 g/mol. The van der Waals surface area contributed by atoms with E-state index in [4.69, 9.17) is 9.26 Å². The number of hydrogen-bond acceptors (Lipinski definition) is 6. The molecule has 4 rings (SSSR count). The molecule has 7 heteroatoms. The first-order chi connectivity index (χ1) is 13.2. The maximum Gasteiger partial charge on any atom is 0.241 e. The molecule has 0 N–H and O–H groups in total. The van der Waals surface area contributed by atoms with E-state index >= 15 is 0 Å². The fourth-order valence-electron chi connectivity index (χ4n) is 3.24. The Labute approximate surface area is 161 Å². The Kier molecular flexibility index (Phi) is 5.61. The van der Waals surface area contributed by atoms with Gasteiger partial charge in [0.25, 0.3) is 0 Å². The predicted molar refractivity (Wildman–Crippen MR) is 102 cm³/mol. The Morgan fingerprint density at radius 1 is 1.30 bits per heavy atom. The zero-order chi connectivity index (χ0) is 18.6. The number of aryl methyl sites for hydroxylation is 1. The first-order valence-corrected chi connectivity index (χ1v) is 10.0. The third kappa shape index (κ3) is 4.61. The second-order valence-corrected chi connectivity index (χ2v) is 7.89. The highest BCUT2D eigenvalue weighted by atomic mass is 32.1. The molecule has 0 saturated carbocycles. The summed E-state index contributed by atoms with van der Waals surface area (Å²) in [5.74, 6) is 0.675. The van der Waals surface area contributed by atoms with Crippen LogP contribution in [-0.4, -0.2) is 34.3 Å². The minimum Gasteiger partial charge on any atom is -0.377 e. The fourth-order valence-corrected chi connectivity index (χ4v) is 3.99. The quantitative estimate of drug-likeness (QED) is 0.600. The van der Waals surface area contributed by atoms with Crippen molar-refractivity contribution in [2.75, 3.05) is 13.2 Å². The van der Waals surface area contributed by atoms with Crippen LogP contribution in [0.1, 0.15) is 29.2 Å². The number of rotatable bonds is 7. The molecule has 2 aromatic heterocycles. The van der Waals surface area contributed by atoms with Crippen molar-refractivity contribution in [3.63, 3.8) is 0 Å². The minimum absolute atomic E-state index is 0.249. The lowest BCUT2D eigenvalue weighted by Crippen LogP contribution is -2.31. The number of hydrogen-bond donors (Lipinski definition) is 0.